The molecule has 21 N–H and O–H groups in total. The van der Waals surface area contributed by atoms with Crippen molar-refractivity contribution in [1.29, 1.82) is 0 Å². The maximum absolute atomic E-state index is 14.4. The van der Waals surface area contributed by atoms with E-state index in [0.29, 0.717) is 28.9 Å². The van der Waals surface area contributed by atoms with Crippen LogP contribution in [-0.4, -0.2) is 204 Å². The number of hydrogen-bond donors (Lipinski definition) is 18. The number of aliphatic carboxylic acids is 2. The topological polar surface area (TPSA) is 549 Å². The van der Waals surface area contributed by atoms with Crippen molar-refractivity contribution >= 4 is 93.8 Å². The molecule has 0 aliphatic carbocycles. The molecule has 11 amide bonds. The van der Waals surface area contributed by atoms with Gasteiger partial charge in [-0.3, -0.25) is 67.3 Å². The smallest absolute Gasteiger partial charge is 0.300 e. The summed E-state index contributed by atoms with van der Waals surface area (Å²) in [5.74, 6) is -10.5. The zero-order chi connectivity index (χ0) is 68.9. The lowest BCUT2D eigenvalue weighted by Gasteiger charge is -2.30. The zero-order valence-electron chi connectivity index (χ0n) is 51.8. The van der Waals surface area contributed by atoms with Crippen LogP contribution in [0.4, 0.5) is 0 Å². The van der Waals surface area contributed by atoms with Crippen LogP contribution < -0.4 is 65.1 Å². The molecule has 2 aromatic carbocycles. The second-order valence-electron chi connectivity index (χ2n) is 22.2. The van der Waals surface area contributed by atoms with Gasteiger partial charge in [0.05, 0.1) is 26.0 Å². The van der Waals surface area contributed by atoms with Crippen LogP contribution in [0.5, 0.6) is 5.75 Å². The quantitative estimate of drug-likeness (QED) is 0.0129. The first-order valence-electron chi connectivity index (χ1n) is 29.7. The maximum Gasteiger partial charge on any atom is 0.300 e. The molecule has 2 aliphatic rings. The minimum atomic E-state index is -1.76. The normalized spacial score (nSPS) is 15.8. The summed E-state index contributed by atoms with van der Waals surface area (Å²) < 4.78 is 0. The molecule has 34 nitrogen and oxygen atoms in total. The van der Waals surface area contributed by atoms with Crippen molar-refractivity contribution in [3.63, 3.8) is 0 Å². The van der Waals surface area contributed by atoms with Gasteiger partial charge in [-0.05, 0) is 79.7 Å². The number of guanidine groups is 1. The number of carbonyl (C=O) groups excluding carboxylic acids is 11. The fourth-order valence-electron chi connectivity index (χ4n) is 9.74. The van der Waals surface area contributed by atoms with Crippen molar-refractivity contribution in [2.75, 3.05) is 32.8 Å². The highest BCUT2D eigenvalue weighted by molar-refractivity contribution is 5.99. The maximum atomic E-state index is 14.4. The number of likely N-dealkylation sites (tertiary alicyclic amines) is 1. The number of aromatic nitrogens is 3. The molecule has 6 rings (SSSR count). The zero-order valence-corrected chi connectivity index (χ0v) is 51.8. The largest absolute Gasteiger partial charge is 0.508 e. The molecule has 8 unspecified atom stereocenters. The van der Waals surface area contributed by atoms with Crippen molar-refractivity contribution in [3.05, 3.63) is 84.1 Å². The second-order valence-corrected chi connectivity index (χ2v) is 22.2. The Morgan fingerprint density at radius 1 is 0.699 bits per heavy atom. The van der Waals surface area contributed by atoms with Gasteiger partial charge in [-0.2, -0.15) is 0 Å². The van der Waals surface area contributed by atoms with Crippen molar-refractivity contribution in [3.8, 4) is 5.75 Å². The number of nitrogens with zero attached hydrogens (tertiary/aromatic N) is 3. The summed E-state index contributed by atoms with van der Waals surface area (Å²) in [7, 11) is 0. The third-order valence-electron chi connectivity index (χ3n) is 14.0. The van der Waals surface area contributed by atoms with Crippen LogP contribution in [-0.2, 0) is 81.6 Å². The van der Waals surface area contributed by atoms with E-state index in [0.717, 1.165) is 19.2 Å². The van der Waals surface area contributed by atoms with E-state index in [9.17, 15) is 63.0 Å². The molecule has 0 bridgehead atoms. The summed E-state index contributed by atoms with van der Waals surface area (Å²) in [5.41, 5.74) is 18.2. The Hall–Kier alpha value is -10.7. The lowest BCUT2D eigenvalue weighted by Crippen LogP contribution is -2.60. The van der Waals surface area contributed by atoms with E-state index in [4.69, 9.17) is 37.0 Å². The predicted molar refractivity (Wildman–Crippen MR) is 332 cm³/mol. The number of carboxylic acid groups (broad SMARTS) is 2. The Morgan fingerprint density at radius 3 is 1.87 bits per heavy atom. The minimum absolute atomic E-state index is 0.0156. The van der Waals surface area contributed by atoms with E-state index in [-0.39, 0.29) is 94.4 Å². The third kappa shape index (κ3) is 26.4. The summed E-state index contributed by atoms with van der Waals surface area (Å²) in [4.78, 5) is 182. The molecule has 8 atom stereocenters. The number of aliphatic imine (C=N–C) groups is 1. The number of phenols is 1. The van der Waals surface area contributed by atoms with Crippen molar-refractivity contribution in [1.82, 2.24) is 67.7 Å². The second kappa shape index (κ2) is 37.5. The van der Waals surface area contributed by atoms with Crippen molar-refractivity contribution in [2.45, 2.75) is 140 Å². The minimum Gasteiger partial charge on any atom is -0.508 e. The van der Waals surface area contributed by atoms with E-state index in [1.54, 1.807) is 38.1 Å². The number of H-pyrrole nitrogens is 2. The highest BCUT2D eigenvalue weighted by atomic mass is 16.4. The number of carboxylic acids is 2. The fourth-order valence-corrected chi connectivity index (χ4v) is 9.74. The molecular formula is C59H83N17O17. The van der Waals surface area contributed by atoms with Crippen LogP contribution in [0, 0.1) is 5.92 Å². The molecule has 34 heteroatoms. The van der Waals surface area contributed by atoms with Gasteiger partial charge >= 0.3 is 0 Å². The number of rotatable bonds is 31. The molecule has 2 aliphatic heterocycles. The molecule has 0 radical (unpaired) electrons. The average molecular weight is 1300 g/mol. The number of fused-ring (bicyclic) bond motifs is 1. The van der Waals surface area contributed by atoms with Crippen molar-refractivity contribution < 1.29 is 82.8 Å². The molecule has 4 aromatic rings. The Balaban J connectivity index is 0.00000217. The number of primary amides is 1. The highest BCUT2D eigenvalue weighted by Crippen LogP contribution is 2.21. The number of phenolic OH excluding ortho intramolecular Hbond substituents is 1. The molecule has 0 saturated carbocycles. The number of benzene rings is 2. The van der Waals surface area contributed by atoms with E-state index in [1.807, 2.05) is 6.07 Å². The first-order chi connectivity index (χ1) is 44.0. The Labute approximate surface area is 533 Å². The van der Waals surface area contributed by atoms with Gasteiger partial charge in [0.1, 0.15) is 54.1 Å². The number of carbonyl (C=O) groups is 13. The number of aromatic amines is 2. The molecule has 506 valence electrons. The number of aliphatic hydroxyl groups is 1. The van der Waals surface area contributed by atoms with Gasteiger partial charge in [0.25, 0.3) is 11.9 Å². The van der Waals surface area contributed by atoms with Gasteiger partial charge in [-0.1, -0.05) is 44.2 Å². The summed E-state index contributed by atoms with van der Waals surface area (Å²) in [6, 6.07) is 4.18. The molecule has 2 aromatic heterocycles. The molecule has 0 spiro atoms. The van der Waals surface area contributed by atoms with Crippen LogP contribution in [0.25, 0.3) is 10.9 Å². The van der Waals surface area contributed by atoms with Crippen LogP contribution in [0.2, 0.25) is 0 Å². The lowest BCUT2D eigenvalue weighted by atomic mass is 10.0. The number of amides is 11. The van der Waals surface area contributed by atoms with E-state index >= 15 is 0 Å². The Morgan fingerprint density at radius 2 is 1.29 bits per heavy atom. The number of nitrogens with one attached hydrogen (secondary N) is 11. The number of aliphatic hydroxyl groups excluding tert-OH is 1. The van der Waals surface area contributed by atoms with Gasteiger partial charge in [0.15, 0.2) is 5.96 Å². The lowest BCUT2D eigenvalue weighted by molar-refractivity contribution is -0.142. The van der Waals surface area contributed by atoms with Crippen LogP contribution in [0.3, 0.4) is 0 Å². The van der Waals surface area contributed by atoms with Gasteiger partial charge in [-0.15, -0.1) is 0 Å². The number of hydrogen-bond acceptors (Lipinski definition) is 17. The number of para-hydroxylation sites is 1. The fraction of sp³-hybridized carbons (Fsp3) is 0.475. The molecular weight excluding hydrogens is 1220 g/mol. The molecule has 93 heavy (non-hydrogen) atoms. The first-order valence-corrected chi connectivity index (χ1v) is 29.7. The van der Waals surface area contributed by atoms with Crippen LogP contribution in [0.15, 0.2) is 72.1 Å². The third-order valence-corrected chi connectivity index (χ3v) is 14.0. The standard InChI is InChI=1S/C55H75N17O13.2C2H4O2/c1-29(2)19-38(49(80)67-37(9-5-17-60-55(57)58)54(85)72-18-6-10-43(72)53(84)61-25-44(56)75)66-46(77)26-62-47(78)39(20-30-11-13-34(74)14-12-30)68-52(83)42(27-73)71-51(82)40(22-32-21-31-7-3-4-8-35(31)64-32)70-50(81)41(23-33-24-59-28-63-33)69-48(79)36-15-16-45(76)65-36;2*1-2(3)4/h3-4,7-8,11-14,21,24,28-29,36-43,64,73-74H,5-6,9-10,15-20,22-23,25-27H2,1-2H3,(H2,56,75)(H,59,63)(H,61,84)(H,62,78)(H,65,76)(H,66,77)(H,67,80)(H,68,83)(H,69,79)(H,70,81)(H,71,82)(H4,57,58,60);2*1H3,(H,3,4). The Kier molecular flexibility index (Phi) is 30.1. The van der Waals surface area contributed by atoms with E-state index in [2.05, 4.69) is 67.8 Å². The summed E-state index contributed by atoms with van der Waals surface area (Å²) in [6.07, 6.45) is 3.58. The van der Waals surface area contributed by atoms with Crippen molar-refractivity contribution in [2.24, 2.45) is 28.1 Å². The van der Waals surface area contributed by atoms with E-state index in [1.165, 1.54) is 41.7 Å². The number of nitrogens with two attached hydrogens (primary N) is 3. The molecule has 4 heterocycles. The number of aromatic hydroxyl groups is 1. The summed E-state index contributed by atoms with van der Waals surface area (Å²) in [5, 5.41) is 59.3. The molecule has 2 fully saturated rings. The average Bonchev–Trinajstić information content (AvgIpc) is 1.83. The Bertz CT molecular complexity index is 3230. The van der Waals surface area contributed by atoms with Gasteiger partial charge in [0, 0.05) is 75.7 Å². The predicted octanol–water partition coefficient (Wildman–Crippen LogP) is -4.21. The van der Waals surface area contributed by atoms with Gasteiger partial charge in [-0.25, -0.2) is 4.98 Å². The van der Waals surface area contributed by atoms with Crippen LogP contribution >= 0.6 is 0 Å². The summed E-state index contributed by atoms with van der Waals surface area (Å²) >= 11 is 0. The van der Waals surface area contributed by atoms with Crippen LogP contribution in [0.1, 0.15) is 89.6 Å². The summed E-state index contributed by atoms with van der Waals surface area (Å²) in [6.45, 7) is 3.79. The van der Waals surface area contributed by atoms with Gasteiger partial charge in [0.2, 0.25) is 65.0 Å². The number of imidazole rings is 1. The molecule has 2 saturated heterocycles. The SMILES string of the molecule is CC(=O)O.CC(=O)O.CC(C)CC(NC(=O)CNC(=O)C(Cc1ccc(O)cc1)NC(=O)C(CO)NC(=O)C(Cc1cc2ccccc2[nH]1)NC(=O)C(Cc1cnc[nH]1)NC(=O)C1CCC(=O)N1)C(=O)NC(CCCN=C(N)N)C(=O)N1CCCC1C(=O)NCC(N)=O. The van der Waals surface area contributed by atoms with E-state index < -0.39 is 139 Å². The highest BCUT2D eigenvalue weighted by Gasteiger charge is 2.39. The first kappa shape index (κ1) is 74.8. The van der Waals surface area contributed by atoms with Gasteiger partial charge < -0.3 is 100 Å². The monoisotopic (exact) mass is 1300 g/mol.